The maximum absolute atomic E-state index is 12.9. The standard InChI is InChI=1S/C18H18N6OS/c1-3-23-12-13(9-20-23)11-22(2)18(25)14-10-21-24-15(6-7-19-17(14)24)16-5-4-8-26-16/h4-10,12H,3,11H2,1-2H3. The minimum Gasteiger partial charge on any atom is -0.337 e. The third-order valence-corrected chi connectivity index (χ3v) is 5.07. The number of hydrogen-bond acceptors (Lipinski definition) is 5. The molecule has 132 valence electrons. The normalized spacial score (nSPS) is 11.2. The van der Waals surface area contributed by atoms with E-state index in [0.29, 0.717) is 17.8 Å². The van der Waals surface area contributed by atoms with Crippen molar-refractivity contribution in [3.05, 3.63) is 59.5 Å². The highest BCUT2D eigenvalue weighted by atomic mass is 32.1. The fraction of sp³-hybridized carbons (Fsp3) is 0.222. The van der Waals surface area contributed by atoms with E-state index in [0.717, 1.165) is 22.7 Å². The number of hydrogen-bond donors (Lipinski definition) is 0. The van der Waals surface area contributed by atoms with Crippen molar-refractivity contribution in [1.82, 2.24) is 29.3 Å². The van der Waals surface area contributed by atoms with Gasteiger partial charge in [-0.05, 0) is 24.4 Å². The summed E-state index contributed by atoms with van der Waals surface area (Å²) in [5.41, 5.74) is 2.98. The maximum Gasteiger partial charge on any atom is 0.259 e. The van der Waals surface area contributed by atoms with Crippen LogP contribution in [0.3, 0.4) is 0 Å². The van der Waals surface area contributed by atoms with Crippen LogP contribution in [0, 0.1) is 0 Å². The lowest BCUT2D eigenvalue weighted by Crippen LogP contribution is -2.26. The Balaban J connectivity index is 1.64. The molecular weight excluding hydrogens is 348 g/mol. The second kappa shape index (κ2) is 6.72. The average molecular weight is 366 g/mol. The van der Waals surface area contributed by atoms with Crippen molar-refractivity contribution in [2.45, 2.75) is 20.0 Å². The highest BCUT2D eigenvalue weighted by Gasteiger charge is 2.20. The van der Waals surface area contributed by atoms with E-state index in [4.69, 9.17) is 0 Å². The molecule has 4 aromatic heterocycles. The predicted molar refractivity (Wildman–Crippen MR) is 100.0 cm³/mol. The Hall–Kier alpha value is -3.00. The zero-order chi connectivity index (χ0) is 18.1. The molecule has 0 saturated carbocycles. The number of rotatable bonds is 5. The molecule has 8 heteroatoms. The molecule has 1 amide bonds. The number of aryl methyl sites for hydroxylation is 1. The molecule has 0 fully saturated rings. The number of carbonyl (C=O) groups excluding carboxylic acids is 1. The largest absolute Gasteiger partial charge is 0.337 e. The van der Waals surface area contributed by atoms with E-state index >= 15 is 0 Å². The first kappa shape index (κ1) is 16.5. The molecule has 26 heavy (non-hydrogen) atoms. The number of aromatic nitrogens is 5. The first-order valence-electron chi connectivity index (χ1n) is 8.30. The lowest BCUT2D eigenvalue weighted by Gasteiger charge is -2.15. The Bertz CT molecular complexity index is 1050. The van der Waals surface area contributed by atoms with E-state index in [1.165, 1.54) is 0 Å². The molecule has 0 spiro atoms. The summed E-state index contributed by atoms with van der Waals surface area (Å²) in [4.78, 5) is 20.0. The molecule has 4 rings (SSSR count). The Morgan fingerprint density at radius 1 is 1.27 bits per heavy atom. The highest BCUT2D eigenvalue weighted by molar-refractivity contribution is 7.13. The number of amides is 1. The summed E-state index contributed by atoms with van der Waals surface area (Å²) in [6, 6.07) is 5.93. The van der Waals surface area contributed by atoms with Crippen LogP contribution in [0.2, 0.25) is 0 Å². The molecule has 0 saturated heterocycles. The van der Waals surface area contributed by atoms with Gasteiger partial charge >= 0.3 is 0 Å². The molecule has 0 aromatic carbocycles. The van der Waals surface area contributed by atoms with Crippen LogP contribution in [0.4, 0.5) is 0 Å². The number of fused-ring (bicyclic) bond motifs is 1. The summed E-state index contributed by atoms with van der Waals surface area (Å²) in [7, 11) is 1.78. The summed E-state index contributed by atoms with van der Waals surface area (Å²) >= 11 is 1.63. The van der Waals surface area contributed by atoms with Gasteiger partial charge in [0.25, 0.3) is 5.91 Å². The second-order valence-corrected chi connectivity index (χ2v) is 6.91. The Labute approximate surface area is 154 Å². The molecule has 0 bridgehead atoms. The molecule has 0 aliphatic carbocycles. The van der Waals surface area contributed by atoms with Crippen molar-refractivity contribution in [2.24, 2.45) is 0 Å². The van der Waals surface area contributed by atoms with E-state index in [1.54, 1.807) is 46.4 Å². The van der Waals surface area contributed by atoms with Gasteiger partial charge in [0.05, 0.1) is 23.0 Å². The van der Waals surface area contributed by atoms with Gasteiger partial charge in [-0.15, -0.1) is 11.3 Å². The molecule has 0 aliphatic heterocycles. The molecule has 7 nitrogen and oxygen atoms in total. The topological polar surface area (TPSA) is 68.3 Å². The average Bonchev–Trinajstić information content (AvgIpc) is 3.40. The van der Waals surface area contributed by atoms with Crippen LogP contribution < -0.4 is 0 Å². The van der Waals surface area contributed by atoms with E-state index in [-0.39, 0.29) is 5.91 Å². The van der Waals surface area contributed by atoms with E-state index in [2.05, 4.69) is 15.2 Å². The van der Waals surface area contributed by atoms with Gasteiger partial charge in [0.15, 0.2) is 5.65 Å². The van der Waals surface area contributed by atoms with Gasteiger partial charge in [-0.25, -0.2) is 9.50 Å². The van der Waals surface area contributed by atoms with Crippen LogP contribution in [0.15, 0.2) is 48.4 Å². The fourth-order valence-electron chi connectivity index (χ4n) is 2.87. The van der Waals surface area contributed by atoms with Crippen molar-refractivity contribution < 1.29 is 4.79 Å². The van der Waals surface area contributed by atoms with Gasteiger partial charge in [-0.3, -0.25) is 9.48 Å². The number of thiophene rings is 1. The van der Waals surface area contributed by atoms with Crippen molar-refractivity contribution in [3.63, 3.8) is 0 Å². The second-order valence-electron chi connectivity index (χ2n) is 5.97. The molecule has 0 unspecified atom stereocenters. The van der Waals surface area contributed by atoms with Crippen molar-refractivity contribution in [1.29, 1.82) is 0 Å². The van der Waals surface area contributed by atoms with E-state index in [1.807, 2.05) is 41.4 Å². The summed E-state index contributed by atoms with van der Waals surface area (Å²) < 4.78 is 3.57. The van der Waals surface area contributed by atoms with Gasteiger partial charge in [0, 0.05) is 38.1 Å². The molecule has 0 radical (unpaired) electrons. The molecule has 0 atom stereocenters. The zero-order valence-corrected chi connectivity index (χ0v) is 15.3. The van der Waals surface area contributed by atoms with E-state index < -0.39 is 0 Å². The van der Waals surface area contributed by atoms with Crippen LogP contribution in [0.25, 0.3) is 16.2 Å². The van der Waals surface area contributed by atoms with Gasteiger partial charge in [0.2, 0.25) is 0 Å². The van der Waals surface area contributed by atoms with Crippen LogP contribution in [-0.2, 0) is 13.1 Å². The molecule has 0 aliphatic rings. The lowest BCUT2D eigenvalue weighted by molar-refractivity contribution is 0.0787. The summed E-state index contributed by atoms with van der Waals surface area (Å²) in [5, 5.41) is 10.7. The third kappa shape index (κ3) is 2.88. The minimum atomic E-state index is -0.111. The van der Waals surface area contributed by atoms with Crippen LogP contribution >= 0.6 is 11.3 Å². The molecular formula is C18H18N6OS. The van der Waals surface area contributed by atoms with Crippen LogP contribution in [0.1, 0.15) is 22.8 Å². The SMILES string of the molecule is CCn1cc(CN(C)C(=O)c2cnn3c(-c4cccs4)ccnc23)cn1. The van der Waals surface area contributed by atoms with Crippen molar-refractivity contribution in [3.8, 4) is 10.6 Å². The maximum atomic E-state index is 12.9. The van der Waals surface area contributed by atoms with Crippen molar-refractivity contribution in [2.75, 3.05) is 7.05 Å². The summed E-state index contributed by atoms with van der Waals surface area (Å²) in [6.07, 6.45) is 7.05. The van der Waals surface area contributed by atoms with Gasteiger partial charge < -0.3 is 4.90 Å². The number of nitrogens with zero attached hydrogens (tertiary/aromatic N) is 6. The quantitative estimate of drug-likeness (QED) is 0.545. The lowest BCUT2D eigenvalue weighted by atomic mass is 10.2. The van der Waals surface area contributed by atoms with Gasteiger partial charge in [-0.2, -0.15) is 10.2 Å². The summed E-state index contributed by atoms with van der Waals surface area (Å²) in [6.45, 7) is 3.32. The molecule has 0 N–H and O–H groups in total. The Kier molecular flexibility index (Phi) is 4.26. The highest BCUT2D eigenvalue weighted by Crippen LogP contribution is 2.25. The smallest absolute Gasteiger partial charge is 0.259 e. The monoisotopic (exact) mass is 366 g/mol. The zero-order valence-electron chi connectivity index (χ0n) is 14.5. The van der Waals surface area contributed by atoms with Crippen LogP contribution in [-0.4, -0.2) is 42.2 Å². The van der Waals surface area contributed by atoms with Crippen molar-refractivity contribution >= 4 is 22.9 Å². The predicted octanol–water partition coefficient (Wildman–Crippen LogP) is 2.95. The van der Waals surface area contributed by atoms with Gasteiger partial charge in [-0.1, -0.05) is 6.07 Å². The van der Waals surface area contributed by atoms with Gasteiger partial charge in [0.1, 0.15) is 5.56 Å². The minimum absolute atomic E-state index is 0.111. The third-order valence-electron chi connectivity index (χ3n) is 4.18. The Morgan fingerprint density at radius 2 is 2.15 bits per heavy atom. The molecule has 4 aromatic rings. The van der Waals surface area contributed by atoms with Crippen LogP contribution in [0.5, 0.6) is 0 Å². The first-order valence-corrected chi connectivity index (χ1v) is 9.18. The Morgan fingerprint density at radius 3 is 2.88 bits per heavy atom. The van der Waals surface area contributed by atoms with E-state index in [9.17, 15) is 4.79 Å². The fourth-order valence-corrected chi connectivity index (χ4v) is 3.60. The number of carbonyl (C=O) groups is 1. The first-order chi connectivity index (χ1) is 12.7. The summed E-state index contributed by atoms with van der Waals surface area (Å²) in [5.74, 6) is -0.111. The molecule has 4 heterocycles.